The largest absolute Gasteiger partial charge is 0.379 e. The lowest BCUT2D eigenvalue weighted by Crippen LogP contribution is -2.59. The average Bonchev–Trinajstić information content (AvgIpc) is 2.42. The van der Waals surface area contributed by atoms with Gasteiger partial charge in [-0.3, -0.25) is 4.90 Å². The second-order valence-electron chi connectivity index (χ2n) is 6.18. The molecular weight excluding hydrogens is 198 g/mol. The van der Waals surface area contributed by atoms with Crippen molar-refractivity contribution in [2.24, 2.45) is 5.41 Å². The second kappa shape index (κ2) is 3.99. The van der Waals surface area contributed by atoms with E-state index in [4.69, 9.17) is 4.74 Å². The first-order valence-electron chi connectivity index (χ1n) is 7.12. The van der Waals surface area contributed by atoms with Gasteiger partial charge in [-0.1, -0.05) is 13.3 Å². The van der Waals surface area contributed by atoms with Crippen molar-refractivity contribution in [1.29, 1.82) is 0 Å². The maximum absolute atomic E-state index is 5.49. The first-order valence-corrected chi connectivity index (χ1v) is 7.12. The van der Waals surface area contributed by atoms with Crippen molar-refractivity contribution in [3.8, 4) is 0 Å². The Hall–Kier alpha value is -0.0800. The van der Waals surface area contributed by atoms with Gasteiger partial charge in [-0.25, -0.2) is 0 Å². The second-order valence-corrected chi connectivity index (χ2v) is 6.18. The van der Waals surface area contributed by atoms with Gasteiger partial charge in [0, 0.05) is 18.6 Å². The average molecular weight is 223 g/mol. The molecule has 0 radical (unpaired) electrons. The molecule has 0 aromatic rings. The van der Waals surface area contributed by atoms with Crippen molar-refractivity contribution in [2.45, 2.75) is 57.4 Å². The molecule has 3 saturated carbocycles. The fraction of sp³-hybridized carbons (Fsp3) is 1.00. The molecule has 0 amide bonds. The summed E-state index contributed by atoms with van der Waals surface area (Å²) in [5.74, 6) is 0. The summed E-state index contributed by atoms with van der Waals surface area (Å²) in [5, 5.41) is 0. The predicted molar refractivity (Wildman–Crippen MR) is 65.5 cm³/mol. The molecule has 2 bridgehead atoms. The van der Waals surface area contributed by atoms with Crippen LogP contribution in [0, 0.1) is 5.41 Å². The fourth-order valence-corrected chi connectivity index (χ4v) is 4.29. The fourth-order valence-electron chi connectivity index (χ4n) is 4.29. The van der Waals surface area contributed by atoms with Crippen LogP contribution in [0.25, 0.3) is 0 Å². The van der Waals surface area contributed by atoms with Crippen molar-refractivity contribution >= 4 is 0 Å². The quantitative estimate of drug-likeness (QED) is 0.714. The highest BCUT2D eigenvalue weighted by atomic mass is 16.5. The summed E-state index contributed by atoms with van der Waals surface area (Å²) in [5.41, 5.74) is 1.33. The molecule has 0 N–H and O–H groups in total. The van der Waals surface area contributed by atoms with Crippen molar-refractivity contribution in [2.75, 3.05) is 26.3 Å². The number of ether oxygens (including phenoxy) is 1. The number of rotatable bonds is 2. The molecule has 0 spiro atoms. The molecule has 0 aromatic carbocycles. The van der Waals surface area contributed by atoms with Gasteiger partial charge in [-0.15, -0.1) is 0 Å². The Morgan fingerprint density at radius 1 is 0.938 bits per heavy atom. The van der Waals surface area contributed by atoms with Gasteiger partial charge < -0.3 is 4.74 Å². The van der Waals surface area contributed by atoms with E-state index in [9.17, 15) is 0 Å². The van der Waals surface area contributed by atoms with Crippen molar-refractivity contribution in [3.63, 3.8) is 0 Å². The smallest absolute Gasteiger partial charge is 0.0594 e. The summed E-state index contributed by atoms with van der Waals surface area (Å²) in [6, 6.07) is 0. The van der Waals surface area contributed by atoms with Crippen molar-refractivity contribution < 1.29 is 4.74 Å². The Labute approximate surface area is 99.3 Å². The Morgan fingerprint density at radius 2 is 1.50 bits per heavy atom. The molecule has 2 heteroatoms. The summed E-state index contributed by atoms with van der Waals surface area (Å²) in [6.45, 7) is 6.67. The predicted octanol–water partition coefficient (Wildman–Crippen LogP) is 2.82. The summed E-state index contributed by atoms with van der Waals surface area (Å²) in [7, 11) is 0. The van der Waals surface area contributed by atoms with Gasteiger partial charge in [-0.2, -0.15) is 0 Å². The number of hydrogen-bond acceptors (Lipinski definition) is 2. The van der Waals surface area contributed by atoms with Gasteiger partial charge in [0.15, 0.2) is 0 Å². The number of fused-ring (bicyclic) bond motifs is 3. The van der Waals surface area contributed by atoms with Gasteiger partial charge in [-0.05, 0) is 43.9 Å². The molecule has 4 aliphatic rings. The molecule has 1 saturated heterocycles. The van der Waals surface area contributed by atoms with E-state index in [-0.39, 0.29) is 0 Å². The summed E-state index contributed by atoms with van der Waals surface area (Å²) in [4.78, 5) is 2.76. The summed E-state index contributed by atoms with van der Waals surface area (Å²) in [6.07, 6.45) is 10.2. The molecule has 3 aliphatic carbocycles. The van der Waals surface area contributed by atoms with Gasteiger partial charge in [0.05, 0.1) is 13.2 Å². The van der Waals surface area contributed by atoms with E-state index in [0.29, 0.717) is 5.54 Å². The molecule has 1 aliphatic heterocycles. The zero-order valence-corrected chi connectivity index (χ0v) is 10.6. The third-order valence-electron chi connectivity index (χ3n) is 5.79. The van der Waals surface area contributed by atoms with Crippen LogP contribution in [0.4, 0.5) is 0 Å². The van der Waals surface area contributed by atoms with Crippen LogP contribution < -0.4 is 0 Å². The molecule has 0 atom stereocenters. The van der Waals surface area contributed by atoms with Crippen LogP contribution in [-0.2, 0) is 4.74 Å². The molecule has 1 heterocycles. The molecule has 0 aromatic heterocycles. The van der Waals surface area contributed by atoms with Crippen LogP contribution in [0.2, 0.25) is 0 Å². The Morgan fingerprint density at radius 3 is 2.00 bits per heavy atom. The van der Waals surface area contributed by atoms with E-state index in [2.05, 4.69) is 11.8 Å². The summed E-state index contributed by atoms with van der Waals surface area (Å²) < 4.78 is 5.49. The SMILES string of the molecule is CCC12CCC(N3CCOCC3)(CC1)CC2. The van der Waals surface area contributed by atoms with Crippen LogP contribution in [0.5, 0.6) is 0 Å². The zero-order valence-electron chi connectivity index (χ0n) is 10.6. The van der Waals surface area contributed by atoms with Crippen LogP contribution >= 0.6 is 0 Å². The third-order valence-corrected chi connectivity index (χ3v) is 5.79. The molecule has 4 fully saturated rings. The first kappa shape index (κ1) is 11.0. The van der Waals surface area contributed by atoms with E-state index in [0.717, 1.165) is 18.6 Å². The minimum atomic E-state index is 0.584. The topological polar surface area (TPSA) is 12.5 Å². The summed E-state index contributed by atoms with van der Waals surface area (Å²) >= 11 is 0. The monoisotopic (exact) mass is 223 g/mol. The van der Waals surface area contributed by atoms with E-state index in [1.807, 2.05) is 0 Å². The van der Waals surface area contributed by atoms with Crippen LogP contribution in [0.1, 0.15) is 51.9 Å². The molecule has 0 unspecified atom stereocenters. The molecular formula is C14H25NO. The Balaban J connectivity index is 1.72. The Bertz CT molecular complexity index is 233. The maximum Gasteiger partial charge on any atom is 0.0594 e. The number of nitrogens with zero attached hydrogens (tertiary/aromatic N) is 1. The van der Waals surface area contributed by atoms with E-state index < -0.39 is 0 Å². The van der Waals surface area contributed by atoms with Gasteiger partial charge in [0.2, 0.25) is 0 Å². The molecule has 16 heavy (non-hydrogen) atoms. The van der Waals surface area contributed by atoms with Gasteiger partial charge in [0.1, 0.15) is 0 Å². The minimum Gasteiger partial charge on any atom is -0.379 e. The minimum absolute atomic E-state index is 0.584. The Kier molecular flexibility index (Phi) is 2.75. The highest BCUT2D eigenvalue weighted by Gasteiger charge is 2.50. The van der Waals surface area contributed by atoms with Crippen LogP contribution in [0.15, 0.2) is 0 Å². The van der Waals surface area contributed by atoms with E-state index in [1.54, 1.807) is 0 Å². The van der Waals surface area contributed by atoms with Crippen molar-refractivity contribution in [3.05, 3.63) is 0 Å². The van der Waals surface area contributed by atoms with E-state index >= 15 is 0 Å². The zero-order chi connectivity index (χ0) is 11.1. The van der Waals surface area contributed by atoms with Crippen LogP contribution in [-0.4, -0.2) is 36.7 Å². The van der Waals surface area contributed by atoms with Crippen LogP contribution in [0.3, 0.4) is 0 Å². The standard InChI is InChI=1S/C14H25NO/c1-2-13-3-6-14(7-4-13,8-5-13)15-9-11-16-12-10-15/h2-12H2,1H3. The molecule has 92 valence electrons. The molecule has 2 nitrogen and oxygen atoms in total. The third kappa shape index (κ3) is 1.62. The van der Waals surface area contributed by atoms with Crippen molar-refractivity contribution in [1.82, 2.24) is 4.90 Å². The first-order chi connectivity index (χ1) is 7.79. The number of morpholine rings is 1. The maximum atomic E-state index is 5.49. The molecule has 4 rings (SSSR count). The highest BCUT2D eigenvalue weighted by molar-refractivity contribution is 5.05. The lowest BCUT2D eigenvalue weighted by molar-refractivity contribution is -0.0919. The van der Waals surface area contributed by atoms with Gasteiger partial charge >= 0.3 is 0 Å². The van der Waals surface area contributed by atoms with Gasteiger partial charge in [0.25, 0.3) is 0 Å². The lowest BCUT2D eigenvalue weighted by Gasteiger charge is -2.58. The highest BCUT2D eigenvalue weighted by Crippen LogP contribution is 2.56. The number of hydrogen-bond donors (Lipinski definition) is 0. The lowest BCUT2D eigenvalue weighted by atomic mass is 9.56. The van der Waals surface area contributed by atoms with E-state index in [1.165, 1.54) is 58.0 Å². The normalized spacial score (nSPS) is 44.8.